The molecule has 0 saturated carbocycles. The topological polar surface area (TPSA) is 91.8 Å². The van der Waals surface area contributed by atoms with Gasteiger partial charge in [0.05, 0.1) is 14.2 Å². The van der Waals surface area contributed by atoms with Crippen LogP contribution in [0.1, 0.15) is 17.5 Å². The predicted molar refractivity (Wildman–Crippen MR) is 95.0 cm³/mol. The molecule has 1 aromatic heterocycles. The molecule has 0 unspecified atom stereocenters. The number of hydrogen-bond acceptors (Lipinski definition) is 5. The van der Waals surface area contributed by atoms with Crippen molar-refractivity contribution >= 4 is 23.2 Å². The van der Waals surface area contributed by atoms with Crippen LogP contribution in [0.4, 0.5) is 0 Å². The van der Waals surface area contributed by atoms with E-state index in [2.05, 4.69) is 5.73 Å². The van der Waals surface area contributed by atoms with Crippen LogP contribution in [0.15, 0.2) is 46.9 Å². The number of fused-ring (bicyclic) bond motifs is 1. The van der Waals surface area contributed by atoms with Gasteiger partial charge < -0.3 is 19.6 Å². The van der Waals surface area contributed by atoms with E-state index in [1.165, 1.54) is 6.92 Å². The molecule has 130 valence electrons. The third-order valence-corrected chi connectivity index (χ3v) is 3.62. The second-order valence-corrected chi connectivity index (χ2v) is 5.09. The van der Waals surface area contributed by atoms with E-state index in [4.69, 9.17) is 18.7 Å². The predicted octanol–water partition coefficient (Wildman–Crippen LogP) is 3.42. The van der Waals surface area contributed by atoms with Gasteiger partial charge in [-0.25, -0.2) is 0 Å². The molecule has 0 aliphatic carbocycles. The van der Waals surface area contributed by atoms with E-state index in [-0.39, 0.29) is 12.2 Å². The molecule has 0 spiro atoms. The Morgan fingerprint density at radius 2 is 1.72 bits per heavy atom. The van der Waals surface area contributed by atoms with Crippen molar-refractivity contribution < 1.29 is 23.5 Å². The Hall–Kier alpha value is -3.28. The summed E-state index contributed by atoms with van der Waals surface area (Å²) in [6.07, 6.45) is 0.250. The first-order chi connectivity index (χ1) is 12.0. The summed E-state index contributed by atoms with van der Waals surface area (Å²) in [5, 5.41) is 0.856. The first-order valence-corrected chi connectivity index (χ1v) is 7.47. The number of hydrogen-bond donors (Lipinski definition) is 1. The Bertz CT molecular complexity index is 881. The minimum Gasteiger partial charge on any atom is -0.497 e. The molecule has 0 radical (unpaired) electrons. The van der Waals surface area contributed by atoms with E-state index in [1.807, 2.05) is 36.4 Å². The number of amides is 1. The summed E-state index contributed by atoms with van der Waals surface area (Å²) in [4.78, 5) is 20.2. The number of rotatable bonds is 4. The van der Waals surface area contributed by atoms with Gasteiger partial charge in [-0.1, -0.05) is 12.1 Å². The van der Waals surface area contributed by atoms with E-state index in [0.29, 0.717) is 17.1 Å². The Kier molecular flexibility index (Phi) is 5.79. The normalized spacial score (nSPS) is 9.88. The molecule has 1 amide bonds. The zero-order valence-corrected chi connectivity index (χ0v) is 14.2. The highest BCUT2D eigenvalue weighted by Crippen LogP contribution is 2.37. The number of furan rings is 1. The van der Waals surface area contributed by atoms with Crippen LogP contribution in [-0.2, 0) is 4.79 Å². The fraction of sp³-hybridized carbons (Fsp3) is 0.158. The quantitative estimate of drug-likeness (QED) is 0.580. The molecule has 0 atom stereocenters. The van der Waals surface area contributed by atoms with Crippen LogP contribution in [-0.4, -0.2) is 26.4 Å². The lowest BCUT2D eigenvalue weighted by Gasteiger charge is -2.07. The van der Waals surface area contributed by atoms with Crippen molar-refractivity contribution in [2.45, 2.75) is 6.92 Å². The van der Waals surface area contributed by atoms with Crippen LogP contribution >= 0.6 is 0 Å². The molecular weight excluding hydrogens is 322 g/mol. The van der Waals surface area contributed by atoms with Crippen LogP contribution in [0.3, 0.4) is 0 Å². The number of Topliss-reactive ketones (excluding diaryl/α,β-unsaturated/α-hetero) is 1. The maximum Gasteiger partial charge on any atom is 0.204 e. The van der Waals surface area contributed by atoms with Gasteiger partial charge in [-0.15, -0.1) is 0 Å². The molecule has 2 aromatic carbocycles. The summed E-state index contributed by atoms with van der Waals surface area (Å²) in [5.41, 5.74) is 6.75. The molecule has 0 bridgehead atoms. The van der Waals surface area contributed by atoms with E-state index >= 15 is 0 Å². The highest BCUT2D eigenvalue weighted by Gasteiger charge is 2.16. The highest BCUT2D eigenvalue weighted by atomic mass is 16.5. The van der Waals surface area contributed by atoms with Crippen molar-refractivity contribution in [2.24, 2.45) is 5.73 Å². The second kappa shape index (κ2) is 8.01. The number of carbonyl (C=O) groups is 2. The fourth-order valence-corrected chi connectivity index (χ4v) is 2.46. The van der Waals surface area contributed by atoms with Crippen molar-refractivity contribution in [3.63, 3.8) is 0 Å². The molecule has 1 heterocycles. The molecule has 0 fully saturated rings. The molecule has 3 aromatic rings. The standard InChI is InChI=1S/C18H16O4.CH3NO/c1-11(19)17-10-15-14(8-9-16(21-3)18(15)22-17)12-4-6-13(20-2)7-5-12;2-1-3/h4-10H,1-3H3;1H,(H2,2,3). The second-order valence-electron chi connectivity index (χ2n) is 5.09. The third-order valence-electron chi connectivity index (χ3n) is 3.62. The minimum absolute atomic E-state index is 0.112. The van der Waals surface area contributed by atoms with E-state index in [1.54, 1.807) is 20.3 Å². The monoisotopic (exact) mass is 341 g/mol. The molecule has 0 aliphatic rings. The molecule has 25 heavy (non-hydrogen) atoms. The summed E-state index contributed by atoms with van der Waals surface area (Å²) in [6.45, 7) is 1.48. The number of benzene rings is 2. The van der Waals surface area contributed by atoms with Crippen LogP contribution in [0.2, 0.25) is 0 Å². The summed E-state index contributed by atoms with van der Waals surface area (Å²) >= 11 is 0. The van der Waals surface area contributed by atoms with Gasteiger partial charge in [0.25, 0.3) is 0 Å². The Labute approximate surface area is 145 Å². The summed E-state index contributed by atoms with van der Waals surface area (Å²) in [6, 6.07) is 13.3. The summed E-state index contributed by atoms with van der Waals surface area (Å²) < 4.78 is 16.2. The molecule has 0 aliphatic heterocycles. The van der Waals surface area contributed by atoms with Crippen molar-refractivity contribution in [3.8, 4) is 22.6 Å². The largest absolute Gasteiger partial charge is 0.497 e. The lowest BCUT2D eigenvalue weighted by Crippen LogP contribution is -1.86. The first-order valence-electron chi connectivity index (χ1n) is 7.47. The Balaban J connectivity index is 0.000000701. The van der Waals surface area contributed by atoms with Crippen molar-refractivity contribution in [3.05, 3.63) is 48.2 Å². The molecule has 6 nitrogen and oxygen atoms in total. The SMILES string of the molecule is COc1ccc(-c2ccc(OC)c3oc(C(C)=O)cc23)cc1.NC=O. The van der Waals surface area contributed by atoms with Crippen LogP contribution in [0.25, 0.3) is 22.1 Å². The highest BCUT2D eigenvalue weighted by molar-refractivity contribution is 6.03. The van der Waals surface area contributed by atoms with Crippen LogP contribution in [0.5, 0.6) is 11.5 Å². The average Bonchev–Trinajstić information content (AvgIpc) is 3.07. The van der Waals surface area contributed by atoms with Gasteiger partial charge in [0.15, 0.2) is 22.9 Å². The molecule has 6 heteroatoms. The fourth-order valence-electron chi connectivity index (χ4n) is 2.46. The van der Waals surface area contributed by atoms with Gasteiger partial charge in [-0.05, 0) is 41.5 Å². The summed E-state index contributed by atoms with van der Waals surface area (Å²) in [7, 11) is 3.22. The summed E-state index contributed by atoms with van der Waals surface area (Å²) in [5.74, 6) is 1.62. The Morgan fingerprint density at radius 1 is 1.08 bits per heavy atom. The molecule has 0 saturated heterocycles. The van der Waals surface area contributed by atoms with Crippen molar-refractivity contribution in [1.29, 1.82) is 0 Å². The lowest BCUT2D eigenvalue weighted by molar-refractivity contribution is -0.106. The molecule has 3 rings (SSSR count). The molecule has 2 N–H and O–H groups in total. The van der Waals surface area contributed by atoms with E-state index in [0.717, 1.165) is 22.3 Å². The van der Waals surface area contributed by atoms with Gasteiger partial charge in [-0.2, -0.15) is 0 Å². The minimum atomic E-state index is -0.112. The number of carbonyl (C=O) groups excluding carboxylic acids is 2. The number of ketones is 1. The van der Waals surface area contributed by atoms with Gasteiger partial charge in [-0.3, -0.25) is 9.59 Å². The van der Waals surface area contributed by atoms with Gasteiger partial charge in [0, 0.05) is 12.3 Å². The number of ether oxygens (including phenoxy) is 2. The van der Waals surface area contributed by atoms with Crippen LogP contribution in [0, 0.1) is 0 Å². The van der Waals surface area contributed by atoms with Gasteiger partial charge in [0.1, 0.15) is 5.75 Å². The van der Waals surface area contributed by atoms with Crippen molar-refractivity contribution in [2.75, 3.05) is 14.2 Å². The number of methoxy groups -OCH3 is 2. The first kappa shape index (κ1) is 18.1. The van der Waals surface area contributed by atoms with E-state index in [9.17, 15) is 4.79 Å². The van der Waals surface area contributed by atoms with Crippen LogP contribution < -0.4 is 15.2 Å². The average molecular weight is 341 g/mol. The zero-order chi connectivity index (χ0) is 18.4. The third kappa shape index (κ3) is 3.80. The maximum absolute atomic E-state index is 11.6. The smallest absolute Gasteiger partial charge is 0.204 e. The lowest BCUT2D eigenvalue weighted by atomic mass is 10.0. The zero-order valence-electron chi connectivity index (χ0n) is 14.2. The number of nitrogens with two attached hydrogens (primary N) is 1. The van der Waals surface area contributed by atoms with Gasteiger partial charge >= 0.3 is 0 Å². The molecular formula is C19H19NO5. The van der Waals surface area contributed by atoms with E-state index < -0.39 is 0 Å². The number of primary amides is 1. The maximum atomic E-state index is 11.6. The Morgan fingerprint density at radius 3 is 2.24 bits per heavy atom. The van der Waals surface area contributed by atoms with Crippen molar-refractivity contribution in [1.82, 2.24) is 0 Å². The van der Waals surface area contributed by atoms with Gasteiger partial charge in [0.2, 0.25) is 6.41 Å².